The zero-order valence-electron chi connectivity index (χ0n) is 20.1. The van der Waals surface area contributed by atoms with Crippen LogP contribution in [0, 0.1) is 12.8 Å². The average molecular weight is 470 g/mol. The van der Waals surface area contributed by atoms with Gasteiger partial charge in [0.15, 0.2) is 18.1 Å². The standard InChI is InChI=1S/C25H31N3O6/c1-6-33-21-13-18(9-12-20(21)34-15-22(29)32-5)14-26-28-25(31)23(16(2)3)27-24(30)19-10-7-17(4)8-11-19/h7-14,16,23H,6,15H2,1-5H3,(H,27,30)(H,28,31). The summed E-state index contributed by atoms with van der Waals surface area (Å²) >= 11 is 0. The summed E-state index contributed by atoms with van der Waals surface area (Å²) in [6, 6.07) is 11.3. The molecule has 0 spiro atoms. The molecule has 34 heavy (non-hydrogen) atoms. The molecule has 2 aromatic carbocycles. The summed E-state index contributed by atoms with van der Waals surface area (Å²) in [6.45, 7) is 7.58. The highest BCUT2D eigenvalue weighted by molar-refractivity contribution is 5.97. The van der Waals surface area contributed by atoms with E-state index < -0.39 is 17.9 Å². The smallest absolute Gasteiger partial charge is 0.343 e. The molecule has 0 aliphatic carbocycles. The molecule has 182 valence electrons. The molecule has 0 fully saturated rings. The zero-order chi connectivity index (χ0) is 25.1. The lowest BCUT2D eigenvalue weighted by Crippen LogP contribution is -2.48. The number of carbonyl (C=O) groups excluding carboxylic acids is 3. The second kappa shape index (κ2) is 13.0. The van der Waals surface area contributed by atoms with Crippen molar-refractivity contribution in [1.82, 2.24) is 10.7 Å². The summed E-state index contributed by atoms with van der Waals surface area (Å²) in [7, 11) is 1.28. The number of ether oxygens (including phenoxy) is 3. The molecule has 0 aliphatic rings. The molecular weight excluding hydrogens is 438 g/mol. The summed E-state index contributed by atoms with van der Waals surface area (Å²) in [6.07, 6.45) is 1.45. The van der Waals surface area contributed by atoms with Crippen LogP contribution in [0.1, 0.15) is 42.3 Å². The van der Waals surface area contributed by atoms with Gasteiger partial charge in [-0.1, -0.05) is 31.5 Å². The molecule has 2 amide bonds. The molecule has 1 atom stereocenters. The van der Waals surface area contributed by atoms with Gasteiger partial charge in [-0.05, 0) is 55.7 Å². The molecule has 9 nitrogen and oxygen atoms in total. The van der Waals surface area contributed by atoms with E-state index in [1.54, 1.807) is 30.3 Å². The van der Waals surface area contributed by atoms with Gasteiger partial charge >= 0.3 is 5.97 Å². The van der Waals surface area contributed by atoms with Crippen molar-refractivity contribution in [1.29, 1.82) is 0 Å². The molecule has 2 N–H and O–H groups in total. The van der Waals surface area contributed by atoms with Crippen LogP contribution < -0.4 is 20.2 Å². The highest BCUT2D eigenvalue weighted by atomic mass is 16.6. The van der Waals surface area contributed by atoms with E-state index in [1.807, 2.05) is 39.8 Å². The van der Waals surface area contributed by atoms with Crippen molar-refractivity contribution in [2.75, 3.05) is 20.3 Å². The van der Waals surface area contributed by atoms with Crippen LogP contribution in [-0.2, 0) is 14.3 Å². The van der Waals surface area contributed by atoms with Crippen LogP contribution in [0.15, 0.2) is 47.6 Å². The SMILES string of the molecule is CCOc1cc(C=NNC(=O)C(NC(=O)c2ccc(C)cc2)C(C)C)ccc1OCC(=O)OC. The quantitative estimate of drug-likeness (QED) is 0.297. The van der Waals surface area contributed by atoms with Crippen molar-refractivity contribution < 1.29 is 28.6 Å². The Balaban J connectivity index is 2.04. The van der Waals surface area contributed by atoms with Gasteiger partial charge < -0.3 is 19.5 Å². The molecule has 0 heterocycles. The van der Waals surface area contributed by atoms with E-state index in [0.717, 1.165) is 5.56 Å². The minimum Gasteiger partial charge on any atom is -0.490 e. The van der Waals surface area contributed by atoms with Crippen LogP contribution in [0.3, 0.4) is 0 Å². The summed E-state index contributed by atoms with van der Waals surface area (Å²) in [5, 5.41) is 6.77. The first-order valence-electron chi connectivity index (χ1n) is 10.9. The van der Waals surface area contributed by atoms with Gasteiger partial charge in [-0.2, -0.15) is 5.10 Å². The Morgan fingerprint density at radius 2 is 1.74 bits per heavy atom. The van der Waals surface area contributed by atoms with Crippen molar-refractivity contribution in [2.24, 2.45) is 11.0 Å². The van der Waals surface area contributed by atoms with Crippen LogP contribution in [0.2, 0.25) is 0 Å². The third-order valence-corrected chi connectivity index (χ3v) is 4.78. The first-order chi connectivity index (χ1) is 16.2. The molecule has 0 radical (unpaired) electrons. The van der Waals surface area contributed by atoms with Gasteiger partial charge in [-0.25, -0.2) is 10.2 Å². The zero-order valence-corrected chi connectivity index (χ0v) is 20.1. The number of amides is 2. The van der Waals surface area contributed by atoms with Crippen LogP contribution in [0.5, 0.6) is 11.5 Å². The lowest BCUT2D eigenvalue weighted by atomic mass is 10.0. The number of benzene rings is 2. The molecule has 0 saturated heterocycles. The number of aryl methyl sites for hydroxylation is 1. The maximum atomic E-state index is 12.7. The van der Waals surface area contributed by atoms with Gasteiger partial charge in [0, 0.05) is 5.56 Å². The van der Waals surface area contributed by atoms with Gasteiger partial charge in [0.1, 0.15) is 6.04 Å². The number of hydrazone groups is 1. The predicted octanol–water partition coefficient (Wildman–Crippen LogP) is 2.85. The lowest BCUT2D eigenvalue weighted by Gasteiger charge is -2.20. The maximum absolute atomic E-state index is 12.7. The Bertz CT molecular complexity index is 1020. The normalized spacial score (nSPS) is 11.7. The number of carbonyl (C=O) groups is 3. The third-order valence-electron chi connectivity index (χ3n) is 4.78. The van der Waals surface area contributed by atoms with E-state index in [1.165, 1.54) is 13.3 Å². The first-order valence-corrected chi connectivity index (χ1v) is 10.9. The van der Waals surface area contributed by atoms with E-state index in [9.17, 15) is 14.4 Å². The van der Waals surface area contributed by atoms with Gasteiger partial charge in [0.2, 0.25) is 0 Å². The fourth-order valence-corrected chi connectivity index (χ4v) is 2.89. The number of hydrogen-bond donors (Lipinski definition) is 2. The van der Waals surface area contributed by atoms with Crippen LogP contribution in [0.4, 0.5) is 0 Å². The summed E-state index contributed by atoms with van der Waals surface area (Å²) < 4.78 is 15.6. The van der Waals surface area contributed by atoms with Gasteiger partial charge in [-0.15, -0.1) is 0 Å². The molecule has 1 unspecified atom stereocenters. The van der Waals surface area contributed by atoms with Gasteiger partial charge in [-0.3, -0.25) is 9.59 Å². The number of rotatable bonds is 11. The number of esters is 1. The molecule has 2 rings (SSSR count). The van der Waals surface area contributed by atoms with Crippen molar-refractivity contribution in [3.05, 3.63) is 59.2 Å². The van der Waals surface area contributed by atoms with E-state index in [0.29, 0.717) is 29.2 Å². The second-order valence-electron chi connectivity index (χ2n) is 7.80. The number of hydrogen-bond acceptors (Lipinski definition) is 7. The average Bonchev–Trinajstić information content (AvgIpc) is 2.81. The van der Waals surface area contributed by atoms with E-state index in [4.69, 9.17) is 9.47 Å². The Kier molecular flexibility index (Phi) is 10.1. The first kappa shape index (κ1) is 26.4. The van der Waals surface area contributed by atoms with E-state index in [2.05, 4.69) is 20.6 Å². The molecule has 0 bridgehead atoms. The Labute approximate surface area is 199 Å². The molecule has 9 heteroatoms. The molecule has 0 saturated carbocycles. The number of nitrogens with zero attached hydrogens (tertiary/aromatic N) is 1. The molecular formula is C25H31N3O6. The minimum absolute atomic E-state index is 0.152. The van der Waals surface area contributed by atoms with Crippen molar-refractivity contribution in [3.63, 3.8) is 0 Å². The Hall–Kier alpha value is -3.88. The second-order valence-corrected chi connectivity index (χ2v) is 7.80. The maximum Gasteiger partial charge on any atom is 0.343 e. The monoisotopic (exact) mass is 469 g/mol. The molecule has 0 aliphatic heterocycles. The minimum atomic E-state index is -0.765. The number of methoxy groups -OCH3 is 1. The molecule has 0 aromatic heterocycles. The van der Waals surface area contributed by atoms with Crippen molar-refractivity contribution >= 4 is 24.0 Å². The van der Waals surface area contributed by atoms with Gasteiger partial charge in [0.05, 0.1) is 19.9 Å². The van der Waals surface area contributed by atoms with Crippen LogP contribution in [0.25, 0.3) is 0 Å². The highest BCUT2D eigenvalue weighted by Gasteiger charge is 2.24. The van der Waals surface area contributed by atoms with Crippen LogP contribution in [-0.4, -0.2) is 50.4 Å². The fourth-order valence-electron chi connectivity index (χ4n) is 2.89. The topological polar surface area (TPSA) is 115 Å². The predicted molar refractivity (Wildman–Crippen MR) is 128 cm³/mol. The molecule has 2 aromatic rings. The van der Waals surface area contributed by atoms with E-state index >= 15 is 0 Å². The summed E-state index contributed by atoms with van der Waals surface area (Å²) in [5.74, 6) is -0.624. The van der Waals surface area contributed by atoms with Crippen LogP contribution >= 0.6 is 0 Å². The highest BCUT2D eigenvalue weighted by Crippen LogP contribution is 2.28. The lowest BCUT2D eigenvalue weighted by molar-refractivity contribution is -0.142. The van der Waals surface area contributed by atoms with Crippen molar-refractivity contribution in [3.8, 4) is 11.5 Å². The Morgan fingerprint density at radius 3 is 2.35 bits per heavy atom. The van der Waals surface area contributed by atoms with E-state index in [-0.39, 0.29) is 18.4 Å². The largest absolute Gasteiger partial charge is 0.490 e. The number of nitrogens with one attached hydrogen (secondary N) is 2. The fraction of sp³-hybridized carbons (Fsp3) is 0.360. The summed E-state index contributed by atoms with van der Waals surface area (Å²) in [4.78, 5) is 36.5. The summed E-state index contributed by atoms with van der Waals surface area (Å²) in [5.41, 5.74) is 4.63. The van der Waals surface area contributed by atoms with Crippen molar-refractivity contribution in [2.45, 2.75) is 33.7 Å². The van der Waals surface area contributed by atoms with Gasteiger partial charge in [0.25, 0.3) is 11.8 Å². The Morgan fingerprint density at radius 1 is 1.03 bits per heavy atom. The third kappa shape index (κ3) is 7.91.